The average molecular weight is 132 g/mol. The lowest BCUT2D eigenvalue weighted by Gasteiger charge is -1.70. The molecule has 1 nitrogen and oxygen atoms in total. The van der Waals surface area contributed by atoms with Crippen molar-refractivity contribution < 1.29 is 18.6 Å². The van der Waals surface area contributed by atoms with Gasteiger partial charge in [-0.15, -0.1) is 0 Å². The van der Waals surface area contributed by atoms with Crippen molar-refractivity contribution in [3.63, 3.8) is 0 Å². The molecule has 5 heteroatoms. The van der Waals surface area contributed by atoms with Gasteiger partial charge in [0.15, 0.2) is 0 Å². The monoisotopic (exact) mass is 132 g/mol. The van der Waals surface area contributed by atoms with E-state index in [4.69, 9.17) is 0 Å². The van der Waals surface area contributed by atoms with Gasteiger partial charge in [0.2, 0.25) is 0 Å². The van der Waals surface area contributed by atoms with Gasteiger partial charge in [-0.05, 0) is 11.6 Å². The van der Waals surface area contributed by atoms with Crippen LogP contribution in [0.1, 0.15) is 0 Å². The third kappa shape index (κ3) is 5.78. The van der Waals surface area contributed by atoms with Crippen LogP contribution in [0.3, 0.4) is 0 Å². The standard InChI is InChI=1S/C2ClF3.O/c3-1(4)2(5)6;. The largest absolute Gasteiger partial charge is 0.317 e. The van der Waals surface area contributed by atoms with E-state index in [1.807, 2.05) is 0 Å². The molecule has 0 unspecified atom stereocenters. The minimum atomic E-state index is -2.48. The first-order valence-electron chi connectivity index (χ1n) is 1.01. The number of hydrogen-bond acceptors (Lipinski definition) is 0. The third-order valence-electron chi connectivity index (χ3n) is 0.143. The number of rotatable bonds is 0. The van der Waals surface area contributed by atoms with Crippen LogP contribution in [-0.2, 0) is 5.48 Å². The maximum atomic E-state index is 10.7. The molecule has 0 amide bonds. The van der Waals surface area contributed by atoms with Gasteiger partial charge in [0.1, 0.15) is 0 Å². The first-order valence-corrected chi connectivity index (χ1v) is 1.38. The second-order valence-electron chi connectivity index (χ2n) is 0.521. The van der Waals surface area contributed by atoms with E-state index in [0.29, 0.717) is 0 Å². The summed E-state index contributed by atoms with van der Waals surface area (Å²) in [6, 6.07) is 0. The van der Waals surface area contributed by atoms with Crippen LogP contribution in [0.5, 0.6) is 0 Å². The Morgan fingerprint density at radius 2 is 1.29 bits per heavy atom. The van der Waals surface area contributed by atoms with Gasteiger partial charge in [-0.3, -0.25) is 0 Å². The minimum absolute atomic E-state index is 0. The number of hydrogen-bond donors (Lipinski definition) is 0. The van der Waals surface area contributed by atoms with Crippen LogP contribution in [0, 0.1) is 0 Å². The summed E-state index contributed by atoms with van der Waals surface area (Å²) in [5, 5.41) is -1.94. The van der Waals surface area contributed by atoms with Crippen molar-refractivity contribution in [1.82, 2.24) is 0 Å². The Hall–Kier alpha value is -0.220. The molecular weight excluding hydrogens is 132 g/mol. The molecule has 0 aliphatic rings. The van der Waals surface area contributed by atoms with E-state index >= 15 is 0 Å². The first kappa shape index (κ1) is 9.91. The summed E-state index contributed by atoms with van der Waals surface area (Å²) in [5.41, 5.74) is 0. The normalized spacial score (nSPS) is 6.86. The second kappa shape index (κ2) is 3.95. The highest BCUT2D eigenvalue weighted by Crippen LogP contribution is 2.11. The fourth-order valence-electron chi connectivity index (χ4n) is 0. The van der Waals surface area contributed by atoms with Crippen LogP contribution < -0.4 is 0 Å². The predicted octanol–water partition coefficient (Wildman–Crippen LogP) is 2.14. The summed E-state index contributed by atoms with van der Waals surface area (Å²) < 4.78 is 31.8. The van der Waals surface area contributed by atoms with Crippen molar-refractivity contribution in [1.29, 1.82) is 0 Å². The average Bonchev–Trinajstić information content (AvgIpc) is 1.36. The molecular formula is C2ClF3O. The van der Waals surface area contributed by atoms with E-state index in [2.05, 4.69) is 11.6 Å². The van der Waals surface area contributed by atoms with Gasteiger partial charge >= 0.3 is 6.08 Å². The summed E-state index contributed by atoms with van der Waals surface area (Å²) in [7, 11) is 0. The Bertz CT molecular complexity index is 63.0. The van der Waals surface area contributed by atoms with Gasteiger partial charge in [-0.1, -0.05) is 0 Å². The van der Waals surface area contributed by atoms with Gasteiger partial charge < -0.3 is 0 Å². The SMILES string of the molecule is FC(F)=C(F)Cl.[O]. The van der Waals surface area contributed by atoms with E-state index in [-0.39, 0.29) is 5.48 Å². The molecule has 0 saturated carbocycles. The van der Waals surface area contributed by atoms with Gasteiger partial charge in [0.25, 0.3) is 5.29 Å². The lowest BCUT2D eigenvalue weighted by atomic mass is 11.1. The molecule has 0 saturated heterocycles. The Morgan fingerprint density at radius 3 is 1.29 bits per heavy atom. The molecule has 0 bridgehead atoms. The highest BCUT2D eigenvalue weighted by molar-refractivity contribution is 6.28. The lowest BCUT2D eigenvalue weighted by Crippen LogP contribution is -1.54. The molecule has 0 heterocycles. The van der Waals surface area contributed by atoms with E-state index < -0.39 is 11.4 Å². The van der Waals surface area contributed by atoms with Crippen molar-refractivity contribution in [2.75, 3.05) is 0 Å². The lowest BCUT2D eigenvalue weighted by molar-refractivity contribution is 0.393. The molecule has 42 valence electrons. The van der Waals surface area contributed by atoms with Crippen LogP contribution in [-0.4, -0.2) is 0 Å². The van der Waals surface area contributed by atoms with Gasteiger partial charge in [-0.25, -0.2) is 0 Å². The summed E-state index contributed by atoms with van der Waals surface area (Å²) >= 11 is 4.08. The molecule has 0 aromatic heterocycles. The molecule has 0 rings (SSSR count). The summed E-state index contributed by atoms with van der Waals surface area (Å²) in [5.74, 6) is 0. The molecule has 0 aromatic rings. The summed E-state index contributed by atoms with van der Waals surface area (Å²) in [4.78, 5) is 0. The molecule has 7 heavy (non-hydrogen) atoms. The molecule has 0 aliphatic heterocycles. The van der Waals surface area contributed by atoms with Gasteiger partial charge in [-0.2, -0.15) is 13.2 Å². The molecule has 0 aromatic carbocycles. The Balaban J connectivity index is 0. The molecule has 0 fully saturated rings. The highest BCUT2D eigenvalue weighted by atomic mass is 35.5. The Morgan fingerprint density at radius 1 is 1.14 bits per heavy atom. The fraction of sp³-hybridized carbons (Fsp3) is 0. The predicted molar refractivity (Wildman–Crippen MR) is 16.9 cm³/mol. The molecule has 0 atom stereocenters. The summed E-state index contributed by atoms with van der Waals surface area (Å²) in [6.45, 7) is 0. The fourth-order valence-corrected chi connectivity index (χ4v) is 0. The maximum absolute atomic E-state index is 10.7. The highest BCUT2D eigenvalue weighted by Gasteiger charge is 1.95. The van der Waals surface area contributed by atoms with Crippen molar-refractivity contribution in [3.8, 4) is 0 Å². The first-order chi connectivity index (χ1) is 2.64. The van der Waals surface area contributed by atoms with Crippen molar-refractivity contribution in [3.05, 3.63) is 11.4 Å². The Kier molecular flexibility index (Phi) is 5.60. The van der Waals surface area contributed by atoms with E-state index in [9.17, 15) is 13.2 Å². The zero-order chi connectivity index (χ0) is 5.15. The van der Waals surface area contributed by atoms with E-state index in [1.54, 1.807) is 0 Å². The maximum Gasteiger partial charge on any atom is 0.317 e. The molecule has 0 aliphatic carbocycles. The van der Waals surface area contributed by atoms with Crippen molar-refractivity contribution in [2.24, 2.45) is 0 Å². The smallest absolute Gasteiger partial charge is 0.188 e. The van der Waals surface area contributed by atoms with Crippen LogP contribution in [0.15, 0.2) is 11.4 Å². The van der Waals surface area contributed by atoms with E-state index in [1.165, 1.54) is 0 Å². The minimum Gasteiger partial charge on any atom is -0.188 e. The topological polar surface area (TPSA) is 28.5 Å². The molecule has 0 spiro atoms. The van der Waals surface area contributed by atoms with Gasteiger partial charge in [0, 0.05) is 5.48 Å². The van der Waals surface area contributed by atoms with Crippen molar-refractivity contribution >= 4 is 11.6 Å². The Labute approximate surface area is 42.7 Å². The van der Waals surface area contributed by atoms with Crippen LogP contribution in [0.4, 0.5) is 13.2 Å². The quantitative estimate of drug-likeness (QED) is 0.483. The van der Waals surface area contributed by atoms with E-state index in [0.717, 1.165) is 0 Å². The summed E-state index contributed by atoms with van der Waals surface area (Å²) in [6.07, 6.45) is -2.48. The van der Waals surface area contributed by atoms with Gasteiger partial charge in [0.05, 0.1) is 0 Å². The zero-order valence-electron chi connectivity index (χ0n) is 2.92. The van der Waals surface area contributed by atoms with Crippen LogP contribution >= 0.6 is 11.6 Å². The number of halogens is 4. The zero-order valence-corrected chi connectivity index (χ0v) is 3.68. The second-order valence-corrected chi connectivity index (χ2v) is 0.853. The van der Waals surface area contributed by atoms with Crippen LogP contribution in [0.2, 0.25) is 0 Å². The molecule has 0 N–H and O–H groups in total. The molecule has 2 radical (unpaired) electrons. The van der Waals surface area contributed by atoms with Crippen molar-refractivity contribution in [2.45, 2.75) is 0 Å². The third-order valence-corrected chi connectivity index (χ3v) is 0.286. The van der Waals surface area contributed by atoms with Crippen LogP contribution in [0.25, 0.3) is 0 Å².